The van der Waals surface area contributed by atoms with E-state index in [0.717, 1.165) is 0 Å². The van der Waals surface area contributed by atoms with Crippen LogP contribution in [0.5, 0.6) is 5.75 Å². The molecule has 0 atom stereocenters. The molecule has 19 heavy (non-hydrogen) atoms. The lowest BCUT2D eigenvalue weighted by Crippen LogP contribution is -2.38. The van der Waals surface area contributed by atoms with Crippen LogP contribution in [-0.4, -0.2) is 24.0 Å². The zero-order valence-electron chi connectivity index (χ0n) is 10.0. The van der Waals surface area contributed by atoms with E-state index in [-0.39, 0.29) is 5.56 Å². The number of hydrogen-bond acceptors (Lipinski definition) is 3. The number of carbonyl (C=O) groups excluding carboxylic acids is 1. The fourth-order valence-electron chi connectivity index (χ4n) is 2.07. The number of hydrogen-bond donors (Lipinski definition) is 0. The molecule has 1 aliphatic rings. The van der Waals surface area contributed by atoms with Gasteiger partial charge in [-0.2, -0.15) is 4.39 Å². The summed E-state index contributed by atoms with van der Waals surface area (Å²) < 4.78 is 19.0. The molecule has 1 aromatic carbocycles. The van der Waals surface area contributed by atoms with E-state index < -0.39 is 11.9 Å². The van der Waals surface area contributed by atoms with Gasteiger partial charge < -0.3 is 9.64 Å². The van der Waals surface area contributed by atoms with Crippen LogP contribution < -0.4 is 9.64 Å². The smallest absolute Gasteiger partial charge is 0.263 e. The van der Waals surface area contributed by atoms with Gasteiger partial charge in [-0.1, -0.05) is 12.1 Å². The molecule has 96 valence electrons. The molecule has 0 aliphatic carbocycles. The van der Waals surface area contributed by atoms with E-state index >= 15 is 0 Å². The standard InChI is InChI=1S/C14H11FN2O2/c15-13-10(4-3-7-16-13)14(18)17-8-9-19-12-6-2-1-5-11(12)17/h1-7H,8-9H2. The summed E-state index contributed by atoms with van der Waals surface area (Å²) in [6.07, 6.45) is 1.32. The molecule has 0 spiro atoms. The molecule has 0 saturated heterocycles. The minimum atomic E-state index is -0.753. The third-order valence-corrected chi connectivity index (χ3v) is 2.96. The van der Waals surface area contributed by atoms with E-state index in [1.807, 2.05) is 12.1 Å². The number of rotatable bonds is 1. The molecule has 0 fully saturated rings. The van der Waals surface area contributed by atoms with Crippen LogP contribution in [0.1, 0.15) is 10.4 Å². The van der Waals surface area contributed by atoms with E-state index in [9.17, 15) is 9.18 Å². The van der Waals surface area contributed by atoms with Crippen molar-refractivity contribution in [2.75, 3.05) is 18.1 Å². The Morgan fingerprint density at radius 2 is 2.11 bits per heavy atom. The second-order valence-corrected chi connectivity index (χ2v) is 4.11. The van der Waals surface area contributed by atoms with Crippen LogP contribution in [0, 0.1) is 5.95 Å². The highest BCUT2D eigenvalue weighted by Crippen LogP contribution is 2.32. The third kappa shape index (κ3) is 2.03. The van der Waals surface area contributed by atoms with Crippen molar-refractivity contribution in [2.24, 2.45) is 0 Å². The van der Waals surface area contributed by atoms with Crippen molar-refractivity contribution < 1.29 is 13.9 Å². The van der Waals surface area contributed by atoms with E-state index in [1.165, 1.54) is 17.2 Å². The van der Waals surface area contributed by atoms with Crippen LogP contribution in [0.2, 0.25) is 0 Å². The fourth-order valence-corrected chi connectivity index (χ4v) is 2.07. The number of nitrogens with zero attached hydrogens (tertiary/aromatic N) is 2. The Labute approximate surface area is 109 Å². The Balaban J connectivity index is 2.00. The molecule has 2 heterocycles. The second kappa shape index (κ2) is 4.68. The van der Waals surface area contributed by atoms with Crippen LogP contribution >= 0.6 is 0 Å². The summed E-state index contributed by atoms with van der Waals surface area (Å²) in [5.41, 5.74) is 0.626. The topological polar surface area (TPSA) is 42.4 Å². The predicted octanol–water partition coefficient (Wildman–Crippen LogP) is 2.26. The number of fused-ring (bicyclic) bond motifs is 1. The molecule has 0 bridgehead atoms. The first-order chi connectivity index (χ1) is 9.27. The summed E-state index contributed by atoms with van der Waals surface area (Å²) in [6.45, 7) is 0.787. The Bertz CT molecular complexity index is 630. The van der Waals surface area contributed by atoms with Crippen LogP contribution in [0.3, 0.4) is 0 Å². The zero-order chi connectivity index (χ0) is 13.2. The maximum absolute atomic E-state index is 13.6. The van der Waals surface area contributed by atoms with Crippen molar-refractivity contribution in [3.63, 3.8) is 0 Å². The first kappa shape index (κ1) is 11.6. The van der Waals surface area contributed by atoms with Crippen molar-refractivity contribution in [3.05, 3.63) is 54.1 Å². The highest BCUT2D eigenvalue weighted by atomic mass is 19.1. The number of pyridine rings is 1. The lowest BCUT2D eigenvalue weighted by Gasteiger charge is -2.29. The van der Waals surface area contributed by atoms with Crippen LogP contribution in [0.4, 0.5) is 10.1 Å². The Kier molecular flexibility index (Phi) is 2.87. The average molecular weight is 258 g/mol. The van der Waals surface area contributed by atoms with Gasteiger partial charge in [-0.05, 0) is 24.3 Å². The van der Waals surface area contributed by atoms with Gasteiger partial charge in [0.05, 0.1) is 17.8 Å². The summed E-state index contributed by atoms with van der Waals surface area (Å²) >= 11 is 0. The predicted molar refractivity (Wildman–Crippen MR) is 67.8 cm³/mol. The summed E-state index contributed by atoms with van der Waals surface area (Å²) in [6, 6.07) is 10.2. The number of carbonyl (C=O) groups is 1. The van der Waals surface area contributed by atoms with Gasteiger partial charge in [0.1, 0.15) is 12.4 Å². The van der Waals surface area contributed by atoms with Crippen molar-refractivity contribution >= 4 is 11.6 Å². The number of benzene rings is 1. The maximum Gasteiger partial charge on any atom is 0.263 e. The van der Waals surface area contributed by atoms with Crippen LogP contribution in [0.15, 0.2) is 42.6 Å². The summed E-state index contributed by atoms with van der Waals surface area (Å²) in [5, 5.41) is 0. The SMILES string of the molecule is O=C(c1cccnc1F)N1CCOc2ccccc21. The largest absolute Gasteiger partial charge is 0.490 e. The van der Waals surface area contributed by atoms with Crippen molar-refractivity contribution in [2.45, 2.75) is 0 Å². The van der Waals surface area contributed by atoms with Crippen molar-refractivity contribution in [1.82, 2.24) is 4.98 Å². The van der Waals surface area contributed by atoms with E-state index in [1.54, 1.807) is 18.2 Å². The van der Waals surface area contributed by atoms with Gasteiger partial charge in [0.15, 0.2) is 0 Å². The Morgan fingerprint density at radius 1 is 1.26 bits per heavy atom. The minimum Gasteiger partial charge on any atom is -0.490 e. The quantitative estimate of drug-likeness (QED) is 0.737. The normalized spacial score (nSPS) is 13.6. The molecule has 3 rings (SSSR count). The zero-order valence-corrected chi connectivity index (χ0v) is 10.0. The van der Waals surface area contributed by atoms with E-state index in [4.69, 9.17) is 4.74 Å². The first-order valence-corrected chi connectivity index (χ1v) is 5.91. The second-order valence-electron chi connectivity index (χ2n) is 4.11. The molecule has 1 aliphatic heterocycles. The van der Waals surface area contributed by atoms with Crippen molar-refractivity contribution in [1.29, 1.82) is 0 Å². The highest BCUT2D eigenvalue weighted by Gasteiger charge is 2.26. The molecule has 0 radical (unpaired) electrons. The molecular formula is C14H11FN2O2. The molecular weight excluding hydrogens is 247 g/mol. The van der Waals surface area contributed by atoms with Gasteiger partial charge in [0.25, 0.3) is 5.91 Å². The summed E-state index contributed by atoms with van der Waals surface area (Å²) in [5.74, 6) is -0.524. The molecule has 4 nitrogen and oxygen atoms in total. The van der Waals surface area contributed by atoms with Gasteiger partial charge in [0, 0.05) is 6.20 Å². The van der Waals surface area contributed by atoms with Gasteiger partial charge in [0.2, 0.25) is 5.95 Å². The summed E-state index contributed by atoms with van der Waals surface area (Å²) in [4.78, 5) is 17.4. The molecule has 0 N–H and O–H groups in total. The van der Waals surface area contributed by atoms with Crippen molar-refractivity contribution in [3.8, 4) is 5.75 Å². The number of aromatic nitrogens is 1. The molecule has 5 heteroatoms. The Hall–Kier alpha value is -2.43. The van der Waals surface area contributed by atoms with E-state index in [0.29, 0.717) is 24.6 Å². The number of anilines is 1. The number of amides is 1. The summed E-state index contributed by atoms with van der Waals surface area (Å²) in [7, 11) is 0. The van der Waals surface area contributed by atoms with E-state index in [2.05, 4.69) is 4.98 Å². The average Bonchev–Trinajstić information content (AvgIpc) is 2.46. The molecule has 2 aromatic rings. The van der Waals surface area contributed by atoms with Gasteiger partial charge in [-0.15, -0.1) is 0 Å². The fraction of sp³-hybridized carbons (Fsp3) is 0.143. The van der Waals surface area contributed by atoms with Crippen LogP contribution in [0.25, 0.3) is 0 Å². The Morgan fingerprint density at radius 3 is 2.95 bits per heavy atom. The van der Waals surface area contributed by atoms with Gasteiger partial charge in [-0.3, -0.25) is 4.79 Å². The first-order valence-electron chi connectivity index (χ1n) is 5.91. The molecule has 0 unspecified atom stereocenters. The lowest BCUT2D eigenvalue weighted by molar-refractivity contribution is 0.0972. The van der Waals surface area contributed by atoms with Gasteiger partial charge >= 0.3 is 0 Å². The molecule has 1 aromatic heterocycles. The number of para-hydroxylation sites is 2. The maximum atomic E-state index is 13.6. The lowest BCUT2D eigenvalue weighted by atomic mass is 10.2. The number of ether oxygens (including phenoxy) is 1. The monoisotopic (exact) mass is 258 g/mol. The third-order valence-electron chi connectivity index (χ3n) is 2.96. The molecule has 0 saturated carbocycles. The number of halogens is 1. The van der Waals surface area contributed by atoms with Crippen LogP contribution in [-0.2, 0) is 0 Å². The highest BCUT2D eigenvalue weighted by molar-refractivity contribution is 6.07. The van der Waals surface area contributed by atoms with Gasteiger partial charge in [-0.25, -0.2) is 4.98 Å². The molecule has 1 amide bonds. The minimum absolute atomic E-state index is 0.0285.